The van der Waals surface area contributed by atoms with Gasteiger partial charge in [-0.25, -0.2) is 14.5 Å². The SMILES string of the molecule is O=C(Nc1ccc(-n2cncn2)cc1C(F)(F)F)N1CCC[C@H]1C1CCCCC1. The predicted octanol–water partition coefficient (Wildman–Crippen LogP) is 4.86. The summed E-state index contributed by atoms with van der Waals surface area (Å²) in [5.41, 5.74) is -0.901. The highest BCUT2D eigenvalue weighted by Crippen LogP contribution is 2.38. The molecular formula is C20H24F3N5O. The Bertz CT molecular complexity index is 846. The smallest absolute Gasteiger partial charge is 0.321 e. The molecule has 2 heterocycles. The lowest BCUT2D eigenvalue weighted by atomic mass is 9.83. The number of aromatic nitrogens is 3. The van der Waals surface area contributed by atoms with Gasteiger partial charge in [0.15, 0.2) is 0 Å². The van der Waals surface area contributed by atoms with Gasteiger partial charge in [0, 0.05) is 12.6 Å². The predicted molar refractivity (Wildman–Crippen MR) is 102 cm³/mol. The molecule has 0 unspecified atom stereocenters. The van der Waals surface area contributed by atoms with E-state index in [-0.39, 0.29) is 17.4 Å². The van der Waals surface area contributed by atoms with E-state index in [1.54, 1.807) is 4.90 Å². The quantitative estimate of drug-likeness (QED) is 0.790. The summed E-state index contributed by atoms with van der Waals surface area (Å²) in [6, 6.07) is 3.43. The number of hydrogen-bond acceptors (Lipinski definition) is 3. The van der Waals surface area contributed by atoms with Gasteiger partial charge in [-0.3, -0.25) is 0 Å². The summed E-state index contributed by atoms with van der Waals surface area (Å²) in [4.78, 5) is 18.4. The molecule has 1 N–H and O–H groups in total. The maximum atomic E-state index is 13.7. The van der Waals surface area contributed by atoms with Gasteiger partial charge in [-0.2, -0.15) is 18.3 Å². The molecule has 1 aromatic heterocycles. The van der Waals surface area contributed by atoms with E-state index in [0.717, 1.165) is 31.7 Å². The fourth-order valence-corrected chi connectivity index (χ4v) is 4.60. The standard InChI is InChI=1S/C20H24F3N5O/c21-20(22,23)16-11-15(28-13-24-12-25-28)8-9-17(16)26-19(29)27-10-4-7-18(27)14-5-2-1-3-6-14/h8-9,11-14,18H,1-7,10H2,(H,26,29)/t18-/m0/s1. The van der Waals surface area contributed by atoms with Crippen molar-refractivity contribution in [3.63, 3.8) is 0 Å². The molecule has 6 nitrogen and oxygen atoms in total. The number of carbonyl (C=O) groups excluding carboxylic acids is 1. The Hall–Kier alpha value is -2.58. The Labute approximate surface area is 167 Å². The molecule has 4 rings (SSSR count). The van der Waals surface area contributed by atoms with Crippen LogP contribution in [-0.2, 0) is 6.18 Å². The molecule has 0 spiro atoms. The number of hydrogen-bond donors (Lipinski definition) is 1. The molecule has 0 bridgehead atoms. The van der Waals surface area contributed by atoms with Gasteiger partial charge in [-0.1, -0.05) is 19.3 Å². The first-order valence-electron chi connectivity index (χ1n) is 10.1. The molecule has 1 atom stereocenters. The average molecular weight is 407 g/mol. The van der Waals surface area contributed by atoms with Crippen LogP contribution in [0.1, 0.15) is 50.5 Å². The molecule has 29 heavy (non-hydrogen) atoms. The molecule has 2 aliphatic rings. The Balaban J connectivity index is 1.55. The van der Waals surface area contributed by atoms with Crippen molar-refractivity contribution in [2.45, 2.75) is 57.2 Å². The van der Waals surface area contributed by atoms with Gasteiger partial charge in [-0.15, -0.1) is 0 Å². The molecule has 1 aliphatic carbocycles. The normalized spacial score (nSPS) is 20.8. The number of likely N-dealkylation sites (tertiary alicyclic amines) is 1. The van der Waals surface area contributed by atoms with Gasteiger partial charge in [0.25, 0.3) is 0 Å². The molecular weight excluding hydrogens is 383 g/mol. The van der Waals surface area contributed by atoms with E-state index >= 15 is 0 Å². The molecule has 2 fully saturated rings. The number of nitrogens with one attached hydrogen (secondary N) is 1. The maximum absolute atomic E-state index is 13.7. The van der Waals surface area contributed by atoms with E-state index < -0.39 is 17.8 Å². The number of nitrogens with zero attached hydrogens (tertiary/aromatic N) is 4. The van der Waals surface area contributed by atoms with Crippen molar-refractivity contribution in [3.05, 3.63) is 36.4 Å². The number of anilines is 1. The minimum Gasteiger partial charge on any atom is -0.321 e. The van der Waals surface area contributed by atoms with Crippen LogP contribution in [0.3, 0.4) is 0 Å². The second kappa shape index (κ2) is 8.04. The van der Waals surface area contributed by atoms with Crippen LogP contribution in [0.15, 0.2) is 30.9 Å². The number of amides is 2. The third kappa shape index (κ3) is 4.23. The van der Waals surface area contributed by atoms with Crippen LogP contribution in [-0.4, -0.2) is 38.3 Å². The fraction of sp³-hybridized carbons (Fsp3) is 0.550. The number of rotatable bonds is 3. The molecule has 0 radical (unpaired) electrons. The van der Waals surface area contributed by atoms with Crippen molar-refractivity contribution in [2.24, 2.45) is 5.92 Å². The minimum absolute atomic E-state index is 0.124. The van der Waals surface area contributed by atoms with Gasteiger partial charge >= 0.3 is 12.2 Å². The van der Waals surface area contributed by atoms with Crippen LogP contribution in [0.4, 0.5) is 23.7 Å². The average Bonchev–Trinajstić information content (AvgIpc) is 3.40. The Morgan fingerprint density at radius 2 is 1.90 bits per heavy atom. The van der Waals surface area contributed by atoms with Crippen molar-refractivity contribution in [3.8, 4) is 5.69 Å². The van der Waals surface area contributed by atoms with Crippen LogP contribution in [0.5, 0.6) is 0 Å². The van der Waals surface area contributed by atoms with Crippen molar-refractivity contribution >= 4 is 11.7 Å². The number of halogens is 3. The highest BCUT2D eigenvalue weighted by atomic mass is 19.4. The lowest BCUT2D eigenvalue weighted by Gasteiger charge is -2.34. The number of alkyl halides is 3. The lowest BCUT2D eigenvalue weighted by molar-refractivity contribution is -0.136. The van der Waals surface area contributed by atoms with Crippen LogP contribution < -0.4 is 5.32 Å². The van der Waals surface area contributed by atoms with E-state index in [0.29, 0.717) is 12.5 Å². The summed E-state index contributed by atoms with van der Waals surface area (Å²) < 4.78 is 42.2. The summed E-state index contributed by atoms with van der Waals surface area (Å²) in [6.07, 6.45) is 5.53. The molecule has 1 saturated heterocycles. The van der Waals surface area contributed by atoms with E-state index in [9.17, 15) is 18.0 Å². The van der Waals surface area contributed by atoms with Crippen molar-refractivity contribution in [1.82, 2.24) is 19.7 Å². The summed E-state index contributed by atoms with van der Waals surface area (Å²) in [7, 11) is 0. The van der Waals surface area contributed by atoms with E-state index in [2.05, 4.69) is 15.4 Å². The zero-order chi connectivity index (χ0) is 20.4. The molecule has 2 aromatic rings. The topological polar surface area (TPSA) is 63.1 Å². The second-order valence-electron chi connectivity index (χ2n) is 7.80. The van der Waals surface area contributed by atoms with Crippen molar-refractivity contribution < 1.29 is 18.0 Å². The van der Waals surface area contributed by atoms with Crippen LogP contribution in [0.2, 0.25) is 0 Å². The first kappa shape index (κ1) is 19.7. The minimum atomic E-state index is -4.60. The first-order chi connectivity index (χ1) is 13.9. The zero-order valence-corrected chi connectivity index (χ0v) is 16.0. The Morgan fingerprint density at radius 3 is 2.59 bits per heavy atom. The van der Waals surface area contributed by atoms with Gasteiger partial charge in [0.05, 0.1) is 16.9 Å². The van der Waals surface area contributed by atoms with Crippen molar-refractivity contribution in [2.75, 3.05) is 11.9 Å². The molecule has 1 saturated carbocycles. The Morgan fingerprint density at radius 1 is 1.10 bits per heavy atom. The Kier molecular flexibility index (Phi) is 5.47. The number of benzene rings is 1. The molecule has 156 valence electrons. The fourth-order valence-electron chi connectivity index (χ4n) is 4.60. The van der Waals surface area contributed by atoms with Crippen LogP contribution >= 0.6 is 0 Å². The third-order valence-corrected chi connectivity index (χ3v) is 5.99. The lowest BCUT2D eigenvalue weighted by Crippen LogP contribution is -2.43. The molecule has 1 aliphatic heterocycles. The van der Waals surface area contributed by atoms with Crippen molar-refractivity contribution in [1.29, 1.82) is 0 Å². The van der Waals surface area contributed by atoms with E-state index in [1.165, 1.54) is 48.7 Å². The second-order valence-corrected chi connectivity index (χ2v) is 7.80. The summed E-state index contributed by atoms with van der Waals surface area (Å²) in [5.74, 6) is 0.453. The highest BCUT2D eigenvalue weighted by molar-refractivity contribution is 5.91. The summed E-state index contributed by atoms with van der Waals surface area (Å²) in [6.45, 7) is 0.589. The maximum Gasteiger partial charge on any atom is 0.418 e. The van der Waals surface area contributed by atoms with E-state index in [1.807, 2.05) is 0 Å². The summed E-state index contributed by atoms with van der Waals surface area (Å²) >= 11 is 0. The van der Waals surface area contributed by atoms with Crippen LogP contribution in [0.25, 0.3) is 5.69 Å². The van der Waals surface area contributed by atoms with E-state index in [4.69, 9.17) is 0 Å². The molecule has 1 aromatic carbocycles. The number of urea groups is 1. The van der Waals surface area contributed by atoms with Gasteiger partial charge in [0.1, 0.15) is 12.7 Å². The van der Waals surface area contributed by atoms with Gasteiger partial charge in [0.2, 0.25) is 0 Å². The monoisotopic (exact) mass is 407 g/mol. The third-order valence-electron chi connectivity index (χ3n) is 5.99. The molecule has 2 amide bonds. The number of carbonyl (C=O) groups is 1. The largest absolute Gasteiger partial charge is 0.418 e. The summed E-state index contributed by atoms with van der Waals surface area (Å²) in [5, 5.41) is 6.39. The van der Waals surface area contributed by atoms with Gasteiger partial charge in [-0.05, 0) is 49.8 Å². The highest BCUT2D eigenvalue weighted by Gasteiger charge is 2.38. The van der Waals surface area contributed by atoms with Gasteiger partial charge < -0.3 is 10.2 Å². The first-order valence-corrected chi connectivity index (χ1v) is 10.1. The molecule has 9 heteroatoms. The van der Waals surface area contributed by atoms with Crippen LogP contribution in [0, 0.1) is 5.92 Å². The zero-order valence-electron chi connectivity index (χ0n) is 16.0.